The molecule has 0 bridgehead atoms. The summed E-state index contributed by atoms with van der Waals surface area (Å²) in [5.74, 6) is 1.13. The van der Waals surface area contributed by atoms with Crippen LogP contribution in [0.2, 0.25) is 0 Å². The second-order valence-electron chi connectivity index (χ2n) is 4.99. The lowest BCUT2D eigenvalue weighted by Gasteiger charge is -2.09. The number of benzene rings is 2. The van der Waals surface area contributed by atoms with Gasteiger partial charge in [0.1, 0.15) is 0 Å². The summed E-state index contributed by atoms with van der Waals surface area (Å²) in [7, 11) is 0. The van der Waals surface area contributed by atoms with Gasteiger partial charge < -0.3 is 4.42 Å². The minimum Gasteiger partial charge on any atom is -0.416 e. The zero-order valence-electron chi connectivity index (χ0n) is 14.4. The van der Waals surface area contributed by atoms with Gasteiger partial charge in [-0.15, -0.1) is 57.2 Å². The number of thioether (sulfide) groups is 4. The minimum absolute atomic E-state index is 0.567. The molecular formula is C18H18N2OS4. The van der Waals surface area contributed by atoms with Crippen LogP contribution in [-0.4, -0.2) is 35.2 Å². The molecule has 0 fully saturated rings. The quantitative estimate of drug-likeness (QED) is 0.445. The summed E-state index contributed by atoms with van der Waals surface area (Å²) >= 11 is 6.86. The van der Waals surface area contributed by atoms with Crippen molar-refractivity contribution in [1.29, 1.82) is 0 Å². The molecule has 3 aromatic rings. The summed E-state index contributed by atoms with van der Waals surface area (Å²) in [5.41, 5.74) is 1.98. The normalized spacial score (nSPS) is 11.0. The first-order valence-corrected chi connectivity index (χ1v) is 12.4. The van der Waals surface area contributed by atoms with Crippen molar-refractivity contribution in [2.45, 2.75) is 19.6 Å². The van der Waals surface area contributed by atoms with Crippen molar-refractivity contribution in [3.05, 3.63) is 36.4 Å². The lowest BCUT2D eigenvalue weighted by Crippen LogP contribution is -1.85. The molecule has 0 spiro atoms. The van der Waals surface area contributed by atoms with Crippen LogP contribution in [0.3, 0.4) is 0 Å². The van der Waals surface area contributed by atoms with Crippen molar-refractivity contribution in [3.8, 4) is 22.9 Å². The van der Waals surface area contributed by atoms with Gasteiger partial charge in [-0.2, -0.15) is 0 Å². The van der Waals surface area contributed by atoms with E-state index in [-0.39, 0.29) is 0 Å². The predicted octanol–water partition coefficient (Wildman–Crippen LogP) is 6.29. The zero-order chi connectivity index (χ0) is 17.8. The van der Waals surface area contributed by atoms with Gasteiger partial charge in [0.2, 0.25) is 11.8 Å². The molecule has 0 radical (unpaired) electrons. The molecule has 0 unspecified atom stereocenters. The largest absolute Gasteiger partial charge is 0.416 e. The molecular weight excluding hydrogens is 388 g/mol. The summed E-state index contributed by atoms with van der Waals surface area (Å²) < 4.78 is 6.07. The molecule has 1 heterocycles. The minimum atomic E-state index is 0.567. The number of rotatable bonds is 6. The van der Waals surface area contributed by atoms with Crippen molar-refractivity contribution in [2.75, 3.05) is 25.0 Å². The van der Waals surface area contributed by atoms with Gasteiger partial charge in [-0.3, -0.25) is 0 Å². The Morgan fingerprint density at radius 2 is 1.08 bits per heavy atom. The van der Waals surface area contributed by atoms with E-state index in [9.17, 15) is 0 Å². The summed E-state index contributed by atoms with van der Waals surface area (Å²) in [4.78, 5) is 4.79. The highest BCUT2D eigenvalue weighted by molar-refractivity contribution is 8.02. The van der Waals surface area contributed by atoms with E-state index in [0.29, 0.717) is 11.8 Å². The number of hydrogen-bond acceptors (Lipinski definition) is 7. The molecule has 0 amide bonds. The molecule has 7 heteroatoms. The smallest absolute Gasteiger partial charge is 0.249 e. The molecule has 3 rings (SSSR count). The van der Waals surface area contributed by atoms with Crippen LogP contribution in [0.25, 0.3) is 22.9 Å². The van der Waals surface area contributed by atoms with Crippen molar-refractivity contribution in [2.24, 2.45) is 0 Å². The number of nitrogens with zero attached hydrogens (tertiary/aromatic N) is 2. The molecule has 1 aromatic heterocycles. The van der Waals surface area contributed by atoms with E-state index < -0.39 is 0 Å². The summed E-state index contributed by atoms with van der Waals surface area (Å²) in [6.45, 7) is 0. The Morgan fingerprint density at radius 1 is 0.640 bits per heavy atom. The molecule has 0 saturated heterocycles. The lowest BCUT2D eigenvalue weighted by molar-refractivity contribution is 0.581. The van der Waals surface area contributed by atoms with E-state index in [1.54, 1.807) is 47.0 Å². The van der Waals surface area contributed by atoms with Crippen molar-refractivity contribution in [1.82, 2.24) is 10.2 Å². The van der Waals surface area contributed by atoms with E-state index in [4.69, 9.17) is 4.42 Å². The van der Waals surface area contributed by atoms with Gasteiger partial charge in [0.05, 0.1) is 11.1 Å². The fourth-order valence-electron chi connectivity index (χ4n) is 2.55. The Morgan fingerprint density at radius 3 is 1.44 bits per heavy atom. The van der Waals surface area contributed by atoms with Crippen LogP contribution in [-0.2, 0) is 0 Å². The Hall–Kier alpha value is -1.02. The fraction of sp³-hybridized carbons (Fsp3) is 0.222. The van der Waals surface area contributed by atoms with Crippen LogP contribution in [0, 0.1) is 0 Å². The molecule has 0 aliphatic rings. The highest BCUT2D eigenvalue weighted by Gasteiger charge is 2.18. The maximum Gasteiger partial charge on any atom is 0.249 e. The molecule has 3 nitrogen and oxygen atoms in total. The zero-order valence-corrected chi connectivity index (χ0v) is 17.7. The average molecular weight is 407 g/mol. The van der Waals surface area contributed by atoms with E-state index in [2.05, 4.69) is 47.4 Å². The molecule has 2 aromatic carbocycles. The molecule has 0 N–H and O–H groups in total. The van der Waals surface area contributed by atoms with Crippen molar-refractivity contribution >= 4 is 47.0 Å². The molecule has 0 atom stereocenters. The van der Waals surface area contributed by atoms with E-state index in [1.807, 2.05) is 24.3 Å². The topological polar surface area (TPSA) is 38.9 Å². The van der Waals surface area contributed by atoms with Gasteiger partial charge >= 0.3 is 0 Å². The third kappa shape index (κ3) is 3.74. The Kier molecular flexibility index (Phi) is 6.44. The Balaban J connectivity index is 2.08. The average Bonchev–Trinajstić information content (AvgIpc) is 3.16. The third-order valence-corrected chi connectivity index (χ3v) is 7.21. The molecule has 0 saturated carbocycles. The Bertz CT molecular complexity index is 809. The SMILES string of the molecule is CSc1cccc(-c2nnc(-c3cccc(SC)c3SC)o2)c1SC. The molecule has 0 aliphatic heterocycles. The van der Waals surface area contributed by atoms with E-state index >= 15 is 0 Å². The summed E-state index contributed by atoms with van der Waals surface area (Å²) in [6.07, 6.45) is 8.31. The van der Waals surface area contributed by atoms with Crippen LogP contribution in [0.5, 0.6) is 0 Å². The fourth-order valence-corrected chi connectivity index (χ4v) is 5.86. The molecule has 130 valence electrons. The van der Waals surface area contributed by atoms with Crippen molar-refractivity contribution < 1.29 is 4.42 Å². The summed E-state index contributed by atoms with van der Waals surface area (Å²) in [5, 5.41) is 8.64. The van der Waals surface area contributed by atoms with Gasteiger partial charge in [0, 0.05) is 19.6 Å². The van der Waals surface area contributed by atoms with Gasteiger partial charge in [0.15, 0.2) is 0 Å². The van der Waals surface area contributed by atoms with Crippen LogP contribution in [0.4, 0.5) is 0 Å². The Labute approximate surface area is 165 Å². The van der Waals surface area contributed by atoms with Crippen LogP contribution in [0.15, 0.2) is 60.4 Å². The van der Waals surface area contributed by atoms with Gasteiger partial charge in [-0.05, 0) is 49.3 Å². The van der Waals surface area contributed by atoms with Crippen LogP contribution < -0.4 is 0 Å². The van der Waals surface area contributed by atoms with Crippen molar-refractivity contribution in [3.63, 3.8) is 0 Å². The van der Waals surface area contributed by atoms with Gasteiger partial charge in [-0.1, -0.05) is 12.1 Å². The molecule has 25 heavy (non-hydrogen) atoms. The van der Waals surface area contributed by atoms with Crippen LogP contribution in [0.1, 0.15) is 0 Å². The standard InChI is InChI=1S/C18H18N2OS4/c1-22-13-9-5-7-11(15(13)24-3)17-19-20-18(21-17)12-8-6-10-14(23-2)16(12)25-4/h5-10H,1-4H3. The monoisotopic (exact) mass is 406 g/mol. The van der Waals surface area contributed by atoms with Gasteiger partial charge in [-0.25, -0.2) is 0 Å². The maximum atomic E-state index is 6.07. The predicted molar refractivity (Wildman–Crippen MR) is 112 cm³/mol. The maximum absolute atomic E-state index is 6.07. The second kappa shape index (κ2) is 8.58. The van der Waals surface area contributed by atoms with E-state index in [0.717, 1.165) is 11.1 Å². The highest BCUT2D eigenvalue weighted by atomic mass is 32.2. The number of hydrogen-bond donors (Lipinski definition) is 0. The van der Waals surface area contributed by atoms with Gasteiger partial charge in [0.25, 0.3) is 0 Å². The third-order valence-electron chi connectivity index (χ3n) is 3.69. The van der Waals surface area contributed by atoms with Crippen LogP contribution >= 0.6 is 47.0 Å². The first kappa shape index (κ1) is 18.8. The number of aromatic nitrogens is 2. The highest BCUT2D eigenvalue weighted by Crippen LogP contribution is 2.40. The first-order chi connectivity index (χ1) is 12.2. The molecule has 0 aliphatic carbocycles. The summed E-state index contributed by atoms with van der Waals surface area (Å²) in [6, 6.07) is 12.4. The first-order valence-electron chi connectivity index (χ1n) is 7.49. The van der Waals surface area contributed by atoms with E-state index in [1.165, 1.54) is 19.6 Å². The second-order valence-corrected chi connectivity index (χ2v) is 8.32. The lowest BCUT2D eigenvalue weighted by atomic mass is 10.2.